The molecule has 2 aliphatic rings. The van der Waals surface area contributed by atoms with Crippen LogP contribution in [0.25, 0.3) is 0 Å². The number of carboxylic acids is 1. The molecule has 0 N–H and O–H groups in total. The van der Waals surface area contributed by atoms with Crippen molar-refractivity contribution in [1.29, 1.82) is 0 Å². The van der Waals surface area contributed by atoms with E-state index in [0.29, 0.717) is 18.8 Å². The van der Waals surface area contributed by atoms with Crippen LogP contribution in [-0.2, 0) is 9.53 Å². The van der Waals surface area contributed by atoms with Gasteiger partial charge in [-0.1, -0.05) is 6.92 Å². The van der Waals surface area contributed by atoms with Gasteiger partial charge in [0.25, 0.3) is 5.91 Å². The summed E-state index contributed by atoms with van der Waals surface area (Å²) in [7, 11) is 0. The molecule has 23 heavy (non-hydrogen) atoms. The van der Waals surface area contributed by atoms with Crippen LogP contribution in [0, 0.1) is 11.7 Å². The molecule has 1 saturated heterocycles. The summed E-state index contributed by atoms with van der Waals surface area (Å²) in [5.41, 5.74) is -0.635. The van der Waals surface area contributed by atoms with E-state index in [-0.39, 0.29) is 12.2 Å². The molecule has 2 fully saturated rings. The second-order valence-corrected chi connectivity index (χ2v) is 6.46. The Bertz CT molecular complexity index is 608. The topological polar surface area (TPSA) is 69.7 Å². The molecule has 0 bridgehead atoms. The van der Waals surface area contributed by atoms with Crippen LogP contribution in [0.15, 0.2) is 24.3 Å². The first-order chi connectivity index (χ1) is 10.9. The highest BCUT2D eigenvalue weighted by molar-refractivity contribution is 5.97. The average Bonchev–Trinajstić information content (AvgIpc) is 2.90. The Morgan fingerprint density at radius 1 is 1.26 bits per heavy atom. The number of hydrogen-bond donors (Lipinski definition) is 0. The summed E-state index contributed by atoms with van der Waals surface area (Å²) >= 11 is 0. The molecule has 1 aromatic carbocycles. The molecule has 0 aromatic heterocycles. The van der Waals surface area contributed by atoms with Crippen LogP contribution in [0.1, 0.15) is 43.0 Å². The van der Waals surface area contributed by atoms with Gasteiger partial charge in [0.1, 0.15) is 11.5 Å². The number of halogens is 1. The highest BCUT2D eigenvalue weighted by Crippen LogP contribution is 2.42. The van der Waals surface area contributed by atoms with Crippen molar-refractivity contribution in [1.82, 2.24) is 4.90 Å². The standard InChI is InChI=1S/C17H20FNO4/c1-11-6-8-17(9-7-11)19(14(10-23-17)16(21)22)15(20)12-2-4-13(18)5-3-12/h2-5,11,14H,6-10H2,1H3,(H,21,22)/p-1/t11?,14-,17?/m1/s1. The molecule has 6 heteroatoms. The molecular formula is C17H19FNO4-. The molecule has 5 nitrogen and oxygen atoms in total. The Hall–Kier alpha value is -1.95. The first-order valence-electron chi connectivity index (χ1n) is 7.87. The maximum absolute atomic E-state index is 13.1. The average molecular weight is 320 g/mol. The summed E-state index contributed by atoms with van der Waals surface area (Å²) in [6, 6.07) is 3.99. The summed E-state index contributed by atoms with van der Waals surface area (Å²) in [6.07, 6.45) is 2.94. The molecule has 1 spiro atoms. The number of amides is 1. The van der Waals surface area contributed by atoms with E-state index in [1.807, 2.05) is 0 Å². The molecule has 1 aromatic rings. The monoisotopic (exact) mass is 320 g/mol. The lowest BCUT2D eigenvalue weighted by atomic mass is 9.83. The van der Waals surface area contributed by atoms with Gasteiger partial charge in [-0.2, -0.15) is 0 Å². The normalized spacial score (nSPS) is 30.6. The zero-order valence-electron chi connectivity index (χ0n) is 13.0. The third kappa shape index (κ3) is 2.83. The Morgan fingerprint density at radius 2 is 1.87 bits per heavy atom. The van der Waals surface area contributed by atoms with E-state index in [2.05, 4.69) is 6.92 Å². The Morgan fingerprint density at radius 3 is 2.43 bits per heavy atom. The molecule has 1 aliphatic heterocycles. The fourth-order valence-corrected chi connectivity index (χ4v) is 3.49. The number of carbonyl (C=O) groups is 2. The first-order valence-corrected chi connectivity index (χ1v) is 7.87. The van der Waals surface area contributed by atoms with E-state index in [1.54, 1.807) is 0 Å². The third-order valence-electron chi connectivity index (χ3n) is 4.90. The SMILES string of the molecule is CC1CCC2(CC1)OC[C@H](C(=O)[O-])N2C(=O)c1ccc(F)cc1. The highest BCUT2D eigenvalue weighted by Gasteiger charge is 2.51. The van der Waals surface area contributed by atoms with E-state index in [9.17, 15) is 19.1 Å². The lowest BCUT2D eigenvalue weighted by molar-refractivity contribution is -0.310. The number of rotatable bonds is 2. The van der Waals surface area contributed by atoms with Crippen LogP contribution in [0.2, 0.25) is 0 Å². The van der Waals surface area contributed by atoms with Crippen LogP contribution in [0.4, 0.5) is 4.39 Å². The van der Waals surface area contributed by atoms with Crippen molar-refractivity contribution in [2.24, 2.45) is 5.92 Å². The predicted molar refractivity (Wildman–Crippen MR) is 77.7 cm³/mol. The first kappa shape index (κ1) is 15.9. The number of hydrogen-bond acceptors (Lipinski definition) is 4. The van der Waals surface area contributed by atoms with Gasteiger partial charge >= 0.3 is 0 Å². The van der Waals surface area contributed by atoms with Crippen molar-refractivity contribution < 1.29 is 23.8 Å². The number of aliphatic carboxylic acids is 1. The van der Waals surface area contributed by atoms with E-state index >= 15 is 0 Å². The fraction of sp³-hybridized carbons (Fsp3) is 0.529. The van der Waals surface area contributed by atoms with E-state index in [1.165, 1.54) is 29.2 Å². The van der Waals surface area contributed by atoms with Crippen LogP contribution < -0.4 is 5.11 Å². The minimum Gasteiger partial charge on any atom is -0.548 e. The van der Waals surface area contributed by atoms with Crippen molar-refractivity contribution in [3.05, 3.63) is 35.6 Å². The maximum atomic E-state index is 13.1. The molecule has 1 heterocycles. The largest absolute Gasteiger partial charge is 0.548 e. The van der Waals surface area contributed by atoms with Crippen molar-refractivity contribution >= 4 is 11.9 Å². The molecule has 0 unspecified atom stereocenters. The van der Waals surface area contributed by atoms with Crippen molar-refractivity contribution in [2.45, 2.75) is 44.4 Å². The second-order valence-electron chi connectivity index (χ2n) is 6.46. The van der Waals surface area contributed by atoms with Gasteiger partial charge in [0.15, 0.2) is 0 Å². The van der Waals surface area contributed by atoms with Gasteiger partial charge in [-0.15, -0.1) is 0 Å². The second kappa shape index (κ2) is 5.92. The number of benzene rings is 1. The summed E-state index contributed by atoms with van der Waals surface area (Å²) < 4.78 is 18.9. The molecule has 124 valence electrons. The minimum absolute atomic E-state index is 0.0658. The molecule has 0 radical (unpaired) electrons. The van der Waals surface area contributed by atoms with Gasteiger partial charge in [-0.3, -0.25) is 9.69 Å². The van der Waals surface area contributed by atoms with Crippen molar-refractivity contribution in [3.63, 3.8) is 0 Å². The molecule has 1 aliphatic carbocycles. The number of ether oxygens (including phenoxy) is 1. The van der Waals surface area contributed by atoms with Gasteiger partial charge in [0.2, 0.25) is 0 Å². The molecule has 1 amide bonds. The zero-order chi connectivity index (χ0) is 16.6. The van der Waals surface area contributed by atoms with Gasteiger partial charge in [-0.25, -0.2) is 4.39 Å². The Labute approximate surface area is 134 Å². The fourth-order valence-electron chi connectivity index (χ4n) is 3.49. The maximum Gasteiger partial charge on any atom is 0.256 e. The van der Waals surface area contributed by atoms with E-state index in [4.69, 9.17) is 4.74 Å². The minimum atomic E-state index is -1.32. The quantitative estimate of drug-likeness (QED) is 0.824. The lowest BCUT2D eigenvalue weighted by Crippen LogP contribution is -2.57. The summed E-state index contributed by atoms with van der Waals surface area (Å²) in [5.74, 6) is -1.70. The van der Waals surface area contributed by atoms with Crippen LogP contribution in [-0.4, -0.2) is 35.2 Å². The smallest absolute Gasteiger partial charge is 0.256 e. The summed E-state index contributed by atoms with van der Waals surface area (Å²) in [6.45, 7) is 2.06. The van der Waals surface area contributed by atoms with Crippen molar-refractivity contribution in [3.8, 4) is 0 Å². The Kier molecular flexibility index (Phi) is 4.10. The number of carbonyl (C=O) groups excluding carboxylic acids is 2. The third-order valence-corrected chi connectivity index (χ3v) is 4.90. The Balaban J connectivity index is 1.94. The number of nitrogens with zero attached hydrogens (tertiary/aromatic N) is 1. The van der Waals surface area contributed by atoms with Crippen LogP contribution in [0.5, 0.6) is 0 Å². The van der Waals surface area contributed by atoms with E-state index in [0.717, 1.165) is 12.8 Å². The molecule has 3 rings (SSSR count). The van der Waals surface area contributed by atoms with Crippen LogP contribution >= 0.6 is 0 Å². The summed E-state index contributed by atoms with van der Waals surface area (Å²) in [5, 5.41) is 11.4. The molecule has 1 saturated carbocycles. The van der Waals surface area contributed by atoms with Gasteiger partial charge in [0.05, 0.1) is 18.6 Å². The summed E-state index contributed by atoms with van der Waals surface area (Å²) in [4.78, 5) is 25.6. The van der Waals surface area contributed by atoms with Crippen molar-refractivity contribution in [2.75, 3.05) is 6.61 Å². The van der Waals surface area contributed by atoms with Crippen LogP contribution in [0.3, 0.4) is 0 Å². The van der Waals surface area contributed by atoms with Gasteiger partial charge in [0, 0.05) is 5.56 Å². The molecule has 1 atom stereocenters. The predicted octanol–water partition coefficient (Wildman–Crippen LogP) is 1.32. The lowest BCUT2D eigenvalue weighted by Gasteiger charge is -2.43. The highest BCUT2D eigenvalue weighted by atomic mass is 19.1. The molecular weight excluding hydrogens is 301 g/mol. The number of carboxylic acid groups (broad SMARTS) is 1. The van der Waals surface area contributed by atoms with Gasteiger partial charge < -0.3 is 14.6 Å². The zero-order valence-corrected chi connectivity index (χ0v) is 13.0. The van der Waals surface area contributed by atoms with E-state index < -0.39 is 29.5 Å². The van der Waals surface area contributed by atoms with Gasteiger partial charge in [-0.05, 0) is 55.9 Å².